The Labute approximate surface area is 171 Å². The highest BCUT2D eigenvalue weighted by molar-refractivity contribution is 8.76. The SMILES string of the molecule is CONc1ccc(OC(=O)OCc2ccc(SSc3ccccn3)cc2)cc1. The molecule has 0 aliphatic heterocycles. The molecule has 0 atom stereocenters. The lowest BCUT2D eigenvalue weighted by molar-refractivity contribution is 0.0927. The van der Waals surface area contributed by atoms with E-state index in [0.717, 1.165) is 21.2 Å². The third kappa shape index (κ3) is 6.49. The Bertz CT molecular complexity index is 875. The number of rotatable bonds is 8. The highest BCUT2D eigenvalue weighted by Crippen LogP contribution is 2.36. The van der Waals surface area contributed by atoms with E-state index in [-0.39, 0.29) is 6.61 Å². The summed E-state index contributed by atoms with van der Waals surface area (Å²) in [7, 11) is 4.73. The minimum Gasteiger partial charge on any atom is -0.429 e. The predicted octanol–water partition coefficient (Wildman–Crippen LogP) is 5.57. The molecule has 1 aromatic heterocycles. The summed E-state index contributed by atoms with van der Waals surface area (Å²) in [5.74, 6) is 0.393. The molecule has 2 aromatic carbocycles. The van der Waals surface area contributed by atoms with Crippen molar-refractivity contribution in [2.75, 3.05) is 12.6 Å². The number of pyridine rings is 1. The number of hydrogen-bond acceptors (Lipinski definition) is 8. The number of anilines is 1. The Hall–Kier alpha value is -2.68. The van der Waals surface area contributed by atoms with Gasteiger partial charge in [-0.25, -0.2) is 9.78 Å². The van der Waals surface area contributed by atoms with Crippen molar-refractivity contribution < 1.29 is 19.1 Å². The molecule has 0 aliphatic rings. The molecule has 28 heavy (non-hydrogen) atoms. The van der Waals surface area contributed by atoms with Crippen molar-refractivity contribution in [3.63, 3.8) is 0 Å². The summed E-state index contributed by atoms with van der Waals surface area (Å²) < 4.78 is 10.3. The summed E-state index contributed by atoms with van der Waals surface area (Å²) in [5.41, 5.74) is 4.31. The van der Waals surface area contributed by atoms with Gasteiger partial charge in [0.2, 0.25) is 0 Å². The molecule has 1 heterocycles. The van der Waals surface area contributed by atoms with Crippen LogP contribution >= 0.6 is 21.6 Å². The highest BCUT2D eigenvalue weighted by Gasteiger charge is 2.07. The zero-order valence-electron chi connectivity index (χ0n) is 15.0. The third-order valence-corrected chi connectivity index (χ3v) is 5.72. The van der Waals surface area contributed by atoms with Crippen molar-refractivity contribution in [2.45, 2.75) is 16.5 Å². The van der Waals surface area contributed by atoms with Crippen LogP contribution in [0, 0.1) is 0 Å². The van der Waals surface area contributed by atoms with Crippen LogP contribution in [0.15, 0.2) is 82.8 Å². The van der Waals surface area contributed by atoms with Crippen molar-refractivity contribution >= 4 is 33.4 Å². The van der Waals surface area contributed by atoms with Crippen molar-refractivity contribution in [2.24, 2.45) is 0 Å². The van der Waals surface area contributed by atoms with Crippen LogP contribution in [0.25, 0.3) is 0 Å². The van der Waals surface area contributed by atoms with E-state index < -0.39 is 6.16 Å². The van der Waals surface area contributed by atoms with E-state index in [1.54, 1.807) is 52.1 Å². The van der Waals surface area contributed by atoms with Crippen LogP contribution in [0.1, 0.15) is 5.56 Å². The fourth-order valence-electron chi connectivity index (χ4n) is 2.11. The smallest absolute Gasteiger partial charge is 0.429 e. The molecular weight excluding hydrogens is 396 g/mol. The molecule has 0 radical (unpaired) electrons. The fourth-order valence-corrected chi connectivity index (χ4v) is 3.95. The first kappa shape index (κ1) is 20.1. The molecule has 8 heteroatoms. The van der Waals surface area contributed by atoms with Gasteiger partial charge in [0.05, 0.1) is 12.8 Å². The van der Waals surface area contributed by atoms with Crippen LogP contribution in [-0.2, 0) is 16.2 Å². The molecule has 0 amide bonds. The summed E-state index contributed by atoms with van der Waals surface area (Å²) in [6.45, 7) is 0.139. The fraction of sp³-hybridized carbons (Fsp3) is 0.100. The first-order chi connectivity index (χ1) is 13.7. The molecule has 0 spiro atoms. The summed E-state index contributed by atoms with van der Waals surface area (Å²) in [4.78, 5) is 22.0. The Morgan fingerprint density at radius 1 is 1.00 bits per heavy atom. The number of nitrogens with one attached hydrogen (secondary N) is 1. The quantitative estimate of drug-likeness (QED) is 0.222. The second-order valence-corrected chi connectivity index (χ2v) is 7.67. The van der Waals surface area contributed by atoms with Gasteiger partial charge in [-0.2, -0.15) is 0 Å². The van der Waals surface area contributed by atoms with Gasteiger partial charge in [-0.05, 0) is 64.9 Å². The largest absolute Gasteiger partial charge is 0.514 e. The van der Waals surface area contributed by atoms with E-state index in [1.807, 2.05) is 42.5 Å². The number of aromatic nitrogens is 1. The maximum absolute atomic E-state index is 11.8. The molecule has 0 bridgehead atoms. The lowest BCUT2D eigenvalue weighted by Crippen LogP contribution is -2.10. The number of benzene rings is 2. The van der Waals surface area contributed by atoms with E-state index in [0.29, 0.717) is 5.75 Å². The Kier molecular flexibility index (Phi) is 7.60. The van der Waals surface area contributed by atoms with Gasteiger partial charge < -0.3 is 9.47 Å². The molecule has 0 aliphatic carbocycles. The van der Waals surface area contributed by atoms with Gasteiger partial charge in [-0.3, -0.25) is 10.3 Å². The van der Waals surface area contributed by atoms with Crippen LogP contribution in [0.5, 0.6) is 5.75 Å². The number of ether oxygens (including phenoxy) is 2. The maximum Gasteiger partial charge on any atom is 0.514 e. The van der Waals surface area contributed by atoms with Gasteiger partial charge in [0.1, 0.15) is 17.4 Å². The molecule has 0 fully saturated rings. The molecule has 144 valence electrons. The summed E-state index contributed by atoms with van der Waals surface area (Å²) in [5, 5.41) is 0.952. The first-order valence-corrected chi connectivity index (χ1v) is 10.5. The van der Waals surface area contributed by atoms with Crippen LogP contribution in [0.2, 0.25) is 0 Å². The second-order valence-electron chi connectivity index (χ2n) is 5.45. The van der Waals surface area contributed by atoms with Gasteiger partial charge in [-0.15, -0.1) is 0 Å². The normalized spacial score (nSPS) is 10.3. The lowest BCUT2D eigenvalue weighted by Gasteiger charge is -2.08. The van der Waals surface area contributed by atoms with Crippen molar-refractivity contribution in [3.05, 3.63) is 78.5 Å². The summed E-state index contributed by atoms with van der Waals surface area (Å²) in [6, 6.07) is 20.4. The van der Waals surface area contributed by atoms with Crippen molar-refractivity contribution in [1.82, 2.24) is 4.98 Å². The zero-order chi connectivity index (χ0) is 19.6. The molecule has 0 saturated carbocycles. The maximum atomic E-state index is 11.8. The van der Waals surface area contributed by atoms with Crippen LogP contribution < -0.4 is 10.2 Å². The standard InChI is InChI=1S/C20H18N2O4S2/c1-24-22-16-7-9-17(10-8-16)26-20(23)25-14-15-5-11-18(12-6-15)27-28-19-4-2-3-13-21-19/h2-13,22H,14H2,1H3. The monoisotopic (exact) mass is 414 g/mol. The van der Waals surface area contributed by atoms with E-state index in [4.69, 9.17) is 14.3 Å². The lowest BCUT2D eigenvalue weighted by atomic mass is 10.2. The van der Waals surface area contributed by atoms with Crippen molar-refractivity contribution in [3.8, 4) is 5.75 Å². The summed E-state index contributed by atoms with van der Waals surface area (Å²) >= 11 is 0. The number of carbonyl (C=O) groups is 1. The molecule has 6 nitrogen and oxygen atoms in total. The first-order valence-electron chi connectivity index (χ1n) is 8.31. The molecule has 3 aromatic rings. The average molecular weight is 415 g/mol. The van der Waals surface area contributed by atoms with Crippen LogP contribution in [0.4, 0.5) is 10.5 Å². The van der Waals surface area contributed by atoms with Crippen molar-refractivity contribution in [1.29, 1.82) is 0 Å². The minimum atomic E-state index is -0.753. The second kappa shape index (κ2) is 10.6. The summed E-state index contributed by atoms with van der Waals surface area (Å²) in [6.07, 6.45) is 1.02. The van der Waals surface area contributed by atoms with E-state index >= 15 is 0 Å². The molecule has 3 rings (SSSR count). The highest BCUT2D eigenvalue weighted by atomic mass is 33.1. The number of hydrogen-bond donors (Lipinski definition) is 1. The van der Waals surface area contributed by atoms with Gasteiger partial charge >= 0.3 is 6.16 Å². The predicted molar refractivity (Wildman–Crippen MR) is 110 cm³/mol. The molecule has 0 saturated heterocycles. The Morgan fingerprint density at radius 2 is 1.79 bits per heavy atom. The zero-order valence-corrected chi connectivity index (χ0v) is 16.7. The van der Waals surface area contributed by atoms with E-state index in [9.17, 15) is 4.79 Å². The molecular formula is C20H18N2O4S2. The van der Waals surface area contributed by atoms with E-state index in [1.165, 1.54) is 7.11 Å². The minimum absolute atomic E-state index is 0.139. The van der Waals surface area contributed by atoms with Gasteiger partial charge in [0.15, 0.2) is 0 Å². The molecule has 1 N–H and O–H groups in total. The number of nitrogens with zero attached hydrogens (tertiary/aromatic N) is 1. The van der Waals surface area contributed by atoms with Gasteiger partial charge in [0, 0.05) is 11.1 Å². The topological polar surface area (TPSA) is 69.7 Å². The van der Waals surface area contributed by atoms with Gasteiger partial charge in [-0.1, -0.05) is 29.0 Å². The Morgan fingerprint density at radius 3 is 2.46 bits per heavy atom. The average Bonchev–Trinajstić information content (AvgIpc) is 2.74. The van der Waals surface area contributed by atoms with E-state index in [2.05, 4.69) is 10.5 Å². The third-order valence-electron chi connectivity index (χ3n) is 3.42. The number of carbonyl (C=O) groups excluding carboxylic acids is 1. The van der Waals surface area contributed by atoms with Crippen LogP contribution in [0.3, 0.4) is 0 Å². The van der Waals surface area contributed by atoms with Gasteiger partial charge in [0.25, 0.3) is 0 Å². The Balaban J connectivity index is 1.43. The van der Waals surface area contributed by atoms with Crippen LogP contribution in [-0.4, -0.2) is 18.2 Å². The molecule has 0 unspecified atom stereocenters.